The van der Waals surface area contributed by atoms with Crippen LogP contribution in [0.1, 0.15) is 12.2 Å². The highest BCUT2D eigenvalue weighted by Gasteiger charge is 2.14. The molecule has 0 aliphatic heterocycles. The standard InChI is InChI=1S/C15H15F2N7O/c1-24-7-8(5-20-24)9-6-19-12(3-10(9)25-2)22-13-4-11(18)21-15(23-13)14(16)17/h3-7,14H,1-2H3,(H3,18,19,21,22,23). The van der Waals surface area contributed by atoms with E-state index in [0.717, 1.165) is 11.1 Å². The molecule has 25 heavy (non-hydrogen) atoms. The quantitative estimate of drug-likeness (QED) is 0.731. The number of nitrogen functional groups attached to an aromatic ring is 1. The van der Waals surface area contributed by atoms with Gasteiger partial charge in [-0.05, 0) is 0 Å². The Kier molecular flexibility index (Phi) is 4.42. The highest BCUT2D eigenvalue weighted by Crippen LogP contribution is 2.31. The number of hydrogen-bond acceptors (Lipinski definition) is 7. The summed E-state index contributed by atoms with van der Waals surface area (Å²) >= 11 is 0. The second kappa shape index (κ2) is 6.67. The summed E-state index contributed by atoms with van der Waals surface area (Å²) in [7, 11) is 3.33. The van der Waals surface area contributed by atoms with Crippen molar-refractivity contribution in [3.8, 4) is 16.9 Å². The van der Waals surface area contributed by atoms with Crippen LogP contribution in [0.5, 0.6) is 5.75 Å². The first-order valence-electron chi connectivity index (χ1n) is 7.19. The Morgan fingerprint density at radius 1 is 1.20 bits per heavy atom. The van der Waals surface area contributed by atoms with E-state index < -0.39 is 12.2 Å². The summed E-state index contributed by atoms with van der Waals surface area (Å²) in [6.45, 7) is 0. The average Bonchev–Trinajstić information content (AvgIpc) is 3.00. The van der Waals surface area contributed by atoms with Crippen LogP contribution in [-0.2, 0) is 7.05 Å². The fraction of sp³-hybridized carbons (Fsp3) is 0.200. The molecule has 0 saturated carbocycles. The van der Waals surface area contributed by atoms with Gasteiger partial charge in [0.2, 0.25) is 0 Å². The summed E-state index contributed by atoms with van der Waals surface area (Å²) in [6.07, 6.45) is 2.29. The molecule has 3 aromatic rings. The molecule has 0 bridgehead atoms. The van der Waals surface area contributed by atoms with Gasteiger partial charge in [-0.15, -0.1) is 0 Å². The third-order valence-electron chi connectivity index (χ3n) is 3.32. The molecule has 10 heteroatoms. The van der Waals surface area contributed by atoms with Crippen LogP contribution in [-0.4, -0.2) is 31.8 Å². The minimum absolute atomic E-state index is 0.0632. The lowest BCUT2D eigenvalue weighted by Crippen LogP contribution is -2.05. The Hall–Kier alpha value is -3.30. The van der Waals surface area contributed by atoms with E-state index in [1.54, 1.807) is 30.2 Å². The lowest BCUT2D eigenvalue weighted by Gasteiger charge is -2.11. The van der Waals surface area contributed by atoms with Crippen molar-refractivity contribution in [1.82, 2.24) is 24.7 Å². The maximum atomic E-state index is 12.8. The summed E-state index contributed by atoms with van der Waals surface area (Å²) in [5.41, 5.74) is 7.12. The van der Waals surface area contributed by atoms with E-state index in [1.807, 2.05) is 6.20 Å². The topological polar surface area (TPSA) is 104 Å². The maximum absolute atomic E-state index is 12.8. The van der Waals surface area contributed by atoms with Crippen molar-refractivity contribution in [2.75, 3.05) is 18.2 Å². The van der Waals surface area contributed by atoms with Crippen LogP contribution in [0.4, 0.5) is 26.2 Å². The van der Waals surface area contributed by atoms with Gasteiger partial charge in [0.1, 0.15) is 23.2 Å². The van der Waals surface area contributed by atoms with E-state index in [0.29, 0.717) is 11.6 Å². The number of nitrogens with two attached hydrogens (primary N) is 1. The number of nitrogens with one attached hydrogen (secondary N) is 1. The monoisotopic (exact) mass is 347 g/mol. The molecule has 0 saturated heterocycles. The fourth-order valence-corrected chi connectivity index (χ4v) is 2.23. The number of methoxy groups -OCH3 is 1. The molecule has 3 heterocycles. The van der Waals surface area contributed by atoms with Crippen molar-refractivity contribution in [3.63, 3.8) is 0 Å². The predicted molar refractivity (Wildman–Crippen MR) is 87.7 cm³/mol. The molecule has 0 fully saturated rings. The minimum atomic E-state index is -2.82. The summed E-state index contributed by atoms with van der Waals surface area (Å²) < 4.78 is 32.6. The van der Waals surface area contributed by atoms with Crippen molar-refractivity contribution in [1.29, 1.82) is 0 Å². The molecule has 8 nitrogen and oxygen atoms in total. The summed E-state index contributed by atoms with van der Waals surface area (Å²) in [5, 5.41) is 6.93. The number of aryl methyl sites for hydroxylation is 1. The zero-order valence-corrected chi connectivity index (χ0v) is 13.4. The van der Waals surface area contributed by atoms with Gasteiger partial charge in [-0.1, -0.05) is 0 Å². The summed E-state index contributed by atoms with van der Waals surface area (Å²) in [5.74, 6) is 0.309. The molecular weight excluding hydrogens is 332 g/mol. The molecule has 0 spiro atoms. The van der Waals surface area contributed by atoms with Crippen LogP contribution in [0.3, 0.4) is 0 Å². The van der Waals surface area contributed by atoms with E-state index in [-0.39, 0.29) is 11.6 Å². The van der Waals surface area contributed by atoms with Crippen LogP contribution in [0.2, 0.25) is 0 Å². The molecular formula is C15H15F2N7O. The van der Waals surface area contributed by atoms with Crippen molar-refractivity contribution in [3.05, 3.63) is 36.5 Å². The number of alkyl halides is 2. The van der Waals surface area contributed by atoms with Crippen molar-refractivity contribution >= 4 is 17.5 Å². The van der Waals surface area contributed by atoms with Crippen LogP contribution >= 0.6 is 0 Å². The van der Waals surface area contributed by atoms with Crippen LogP contribution < -0.4 is 15.8 Å². The predicted octanol–water partition coefficient (Wildman–Crippen LogP) is 2.54. The third kappa shape index (κ3) is 3.62. The molecule has 0 aliphatic carbocycles. The Labute approximate surface area is 141 Å². The van der Waals surface area contributed by atoms with Gasteiger partial charge in [-0.3, -0.25) is 4.68 Å². The average molecular weight is 347 g/mol. The Morgan fingerprint density at radius 3 is 2.64 bits per heavy atom. The minimum Gasteiger partial charge on any atom is -0.496 e. The molecule has 0 aromatic carbocycles. The summed E-state index contributed by atoms with van der Waals surface area (Å²) in [6, 6.07) is 2.97. The number of rotatable bonds is 5. The van der Waals surface area contributed by atoms with Crippen molar-refractivity contribution in [2.45, 2.75) is 6.43 Å². The first-order chi connectivity index (χ1) is 12.0. The zero-order chi connectivity index (χ0) is 18.0. The lowest BCUT2D eigenvalue weighted by atomic mass is 10.1. The zero-order valence-electron chi connectivity index (χ0n) is 13.4. The van der Waals surface area contributed by atoms with E-state index in [1.165, 1.54) is 13.2 Å². The maximum Gasteiger partial charge on any atom is 0.297 e. The highest BCUT2D eigenvalue weighted by molar-refractivity contribution is 5.71. The second-order valence-electron chi connectivity index (χ2n) is 5.13. The molecule has 3 aromatic heterocycles. The highest BCUT2D eigenvalue weighted by atomic mass is 19.3. The number of nitrogens with zero attached hydrogens (tertiary/aromatic N) is 5. The molecule has 0 atom stereocenters. The van der Waals surface area contributed by atoms with Gasteiger partial charge >= 0.3 is 0 Å². The molecule has 0 radical (unpaired) electrons. The smallest absolute Gasteiger partial charge is 0.297 e. The molecule has 0 unspecified atom stereocenters. The molecule has 3 N–H and O–H groups in total. The van der Waals surface area contributed by atoms with Gasteiger partial charge in [-0.25, -0.2) is 23.7 Å². The van der Waals surface area contributed by atoms with Crippen LogP contribution in [0.25, 0.3) is 11.1 Å². The van der Waals surface area contributed by atoms with Gasteiger partial charge in [-0.2, -0.15) is 5.10 Å². The number of hydrogen-bond donors (Lipinski definition) is 2. The molecule has 130 valence electrons. The number of halogens is 2. The van der Waals surface area contributed by atoms with E-state index in [2.05, 4.69) is 25.4 Å². The molecule has 3 rings (SSSR count). The third-order valence-corrected chi connectivity index (χ3v) is 3.32. The second-order valence-corrected chi connectivity index (χ2v) is 5.13. The molecule has 0 aliphatic rings. The number of ether oxygens (including phenoxy) is 1. The number of pyridine rings is 1. The first-order valence-corrected chi connectivity index (χ1v) is 7.19. The molecule has 0 amide bonds. The van der Waals surface area contributed by atoms with Crippen molar-refractivity contribution < 1.29 is 13.5 Å². The Morgan fingerprint density at radius 2 is 2.00 bits per heavy atom. The number of aromatic nitrogens is 5. The van der Waals surface area contributed by atoms with E-state index >= 15 is 0 Å². The number of anilines is 3. The van der Waals surface area contributed by atoms with Crippen LogP contribution in [0, 0.1) is 0 Å². The first kappa shape index (κ1) is 16.6. The van der Waals surface area contributed by atoms with Crippen molar-refractivity contribution in [2.24, 2.45) is 7.05 Å². The fourth-order valence-electron chi connectivity index (χ4n) is 2.23. The van der Waals surface area contributed by atoms with E-state index in [4.69, 9.17) is 10.5 Å². The van der Waals surface area contributed by atoms with Gasteiger partial charge in [0.25, 0.3) is 6.43 Å². The van der Waals surface area contributed by atoms with Gasteiger partial charge < -0.3 is 15.8 Å². The van der Waals surface area contributed by atoms with Gasteiger partial charge in [0, 0.05) is 42.7 Å². The Bertz CT molecular complexity index is 897. The van der Waals surface area contributed by atoms with E-state index in [9.17, 15) is 8.78 Å². The van der Waals surface area contributed by atoms with Gasteiger partial charge in [0.15, 0.2) is 5.82 Å². The normalized spacial score (nSPS) is 10.9. The lowest BCUT2D eigenvalue weighted by molar-refractivity contribution is 0.140. The largest absolute Gasteiger partial charge is 0.496 e. The van der Waals surface area contributed by atoms with Gasteiger partial charge in [0.05, 0.1) is 13.3 Å². The summed E-state index contributed by atoms with van der Waals surface area (Å²) in [4.78, 5) is 11.5. The Balaban J connectivity index is 1.91. The SMILES string of the molecule is COc1cc(Nc2cc(N)nc(C(F)F)n2)ncc1-c1cnn(C)c1. The van der Waals surface area contributed by atoms with Crippen LogP contribution in [0.15, 0.2) is 30.7 Å².